The molecule has 2 unspecified atom stereocenters. The lowest BCUT2D eigenvalue weighted by Crippen LogP contribution is -2.70. The van der Waals surface area contributed by atoms with Crippen LogP contribution in [-0.2, 0) is 20.4 Å². The molecule has 0 bridgehead atoms. The van der Waals surface area contributed by atoms with Crippen LogP contribution in [0.25, 0.3) is 0 Å². The Bertz CT molecular complexity index is 1180. The molecule has 2 atom stereocenters. The molecule has 35 heavy (non-hydrogen) atoms. The molecule has 4 rings (SSSR count). The number of carbonyl (C=O) groups excluding carboxylic acids is 1. The molecule has 1 saturated heterocycles. The third kappa shape index (κ3) is 5.06. The Morgan fingerprint density at radius 2 is 2.00 bits per heavy atom. The quantitative estimate of drug-likeness (QED) is 0.459. The van der Waals surface area contributed by atoms with Crippen molar-refractivity contribution in [3.8, 4) is 5.75 Å². The van der Waals surface area contributed by atoms with E-state index < -0.39 is 18.7 Å². The summed E-state index contributed by atoms with van der Waals surface area (Å²) in [5.74, 6) is -0.414. The normalized spacial score (nSPS) is 21.3. The molecular formula is C23H29BrN3O7P. The fraction of sp³-hybridized carbons (Fsp3) is 0.478. The van der Waals surface area contributed by atoms with Crippen molar-refractivity contribution in [2.24, 2.45) is 0 Å². The van der Waals surface area contributed by atoms with Crippen LogP contribution in [0.1, 0.15) is 35.8 Å². The van der Waals surface area contributed by atoms with Crippen LogP contribution < -0.4 is 15.2 Å². The number of fused-ring (bicyclic) bond motifs is 1. The van der Waals surface area contributed by atoms with Crippen molar-refractivity contribution in [3.05, 3.63) is 62.5 Å². The highest BCUT2D eigenvalue weighted by Gasteiger charge is 2.52. The van der Waals surface area contributed by atoms with E-state index in [-0.39, 0.29) is 47.8 Å². The lowest BCUT2D eigenvalue weighted by atomic mass is 10.0. The summed E-state index contributed by atoms with van der Waals surface area (Å²) in [6.07, 6.45) is 2.38. The number of amides is 1. The maximum Gasteiger partial charge on any atom is 0.328 e. The SMILES string of the molecule is CCOP(=O)(O)CCCN1n2cc(Br)c(=O)c(OCc3ccccc3)c2C(=O)N(C)C12CCOC2. The zero-order chi connectivity index (χ0) is 25.2. The monoisotopic (exact) mass is 569 g/mol. The first-order valence-electron chi connectivity index (χ1n) is 11.4. The number of halogens is 1. The van der Waals surface area contributed by atoms with Crippen LogP contribution in [0.2, 0.25) is 0 Å². The summed E-state index contributed by atoms with van der Waals surface area (Å²) in [5.41, 5.74) is -0.274. The number of aromatic nitrogens is 1. The zero-order valence-electron chi connectivity index (χ0n) is 19.7. The third-order valence-corrected chi connectivity index (χ3v) is 8.43. The minimum absolute atomic E-state index is 0.0417. The van der Waals surface area contributed by atoms with Gasteiger partial charge in [-0.15, -0.1) is 0 Å². The first-order chi connectivity index (χ1) is 16.7. The van der Waals surface area contributed by atoms with Gasteiger partial charge in [-0.2, -0.15) is 0 Å². The number of carbonyl (C=O) groups is 1. The molecule has 1 spiro atoms. The van der Waals surface area contributed by atoms with Crippen molar-refractivity contribution in [3.63, 3.8) is 0 Å². The van der Waals surface area contributed by atoms with Gasteiger partial charge in [0.1, 0.15) is 6.61 Å². The lowest BCUT2D eigenvalue weighted by Gasteiger charge is -2.52. The molecule has 2 aromatic rings. The summed E-state index contributed by atoms with van der Waals surface area (Å²) in [6.45, 7) is 2.97. The molecule has 0 radical (unpaired) electrons. The van der Waals surface area contributed by atoms with Crippen LogP contribution in [-0.4, -0.2) is 65.6 Å². The molecule has 3 heterocycles. The Kier molecular flexibility index (Phi) is 7.73. The predicted octanol–water partition coefficient (Wildman–Crippen LogP) is 2.94. The van der Waals surface area contributed by atoms with Gasteiger partial charge in [0.25, 0.3) is 5.91 Å². The van der Waals surface area contributed by atoms with E-state index in [9.17, 15) is 19.0 Å². The highest BCUT2D eigenvalue weighted by molar-refractivity contribution is 9.10. The molecule has 0 saturated carbocycles. The summed E-state index contributed by atoms with van der Waals surface area (Å²) in [5, 5.41) is 1.92. The van der Waals surface area contributed by atoms with Crippen LogP contribution in [0.15, 0.2) is 45.8 Å². The van der Waals surface area contributed by atoms with Crippen molar-refractivity contribution in [1.29, 1.82) is 0 Å². The van der Waals surface area contributed by atoms with E-state index in [1.165, 1.54) is 0 Å². The van der Waals surface area contributed by atoms with Crippen molar-refractivity contribution in [1.82, 2.24) is 9.58 Å². The number of nitrogens with zero attached hydrogens (tertiary/aromatic N) is 3. The summed E-state index contributed by atoms with van der Waals surface area (Å²) in [4.78, 5) is 38.3. The Morgan fingerprint density at radius 1 is 1.26 bits per heavy atom. The summed E-state index contributed by atoms with van der Waals surface area (Å²) in [7, 11) is -2.04. The minimum Gasteiger partial charge on any atom is -0.482 e. The number of pyridine rings is 1. The summed E-state index contributed by atoms with van der Waals surface area (Å²) >= 11 is 3.33. The maximum atomic E-state index is 13.6. The Hall–Kier alpha value is -2.17. The highest BCUT2D eigenvalue weighted by atomic mass is 79.9. The van der Waals surface area contributed by atoms with Crippen LogP contribution in [0.4, 0.5) is 0 Å². The Morgan fingerprint density at radius 3 is 2.66 bits per heavy atom. The van der Waals surface area contributed by atoms with Crippen LogP contribution >= 0.6 is 23.5 Å². The fourth-order valence-corrected chi connectivity index (χ4v) is 5.98. The molecule has 1 aromatic carbocycles. The highest BCUT2D eigenvalue weighted by Crippen LogP contribution is 2.43. The molecule has 0 aliphatic carbocycles. The second-order valence-corrected chi connectivity index (χ2v) is 11.3. The number of benzene rings is 1. The number of hydrogen-bond donors (Lipinski definition) is 1. The third-order valence-electron chi connectivity index (χ3n) is 6.32. The second-order valence-electron chi connectivity index (χ2n) is 8.51. The first kappa shape index (κ1) is 25.9. The molecule has 1 amide bonds. The lowest BCUT2D eigenvalue weighted by molar-refractivity contribution is 0.0298. The maximum absolute atomic E-state index is 13.6. The Labute approximate surface area is 212 Å². The number of ether oxygens (including phenoxy) is 2. The van der Waals surface area contributed by atoms with Gasteiger partial charge in [0.15, 0.2) is 17.1 Å². The zero-order valence-corrected chi connectivity index (χ0v) is 22.2. The van der Waals surface area contributed by atoms with Crippen molar-refractivity contribution < 1.29 is 28.3 Å². The van der Waals surface area contributed by atoms with E-state index in [1.54, 1.807) is 29.7 Å². The molecule has 12 heteroatoms. The molecule has 190 valence electrons. The Balaban J connectivity index is 1.74. The van der Waals surface area contributed by atoms with Gasteiger partial charge >= 0.3 is 7.60 Å². The molecule has 2 aliphatic heterocycles. The van der Waals surface area contributed by atoms with Crippen molar-refractivity contribution in [2.45, 2.75) is 32.0 Å². The number of hydrogen-bond acceptors (Lipinski definition) is 7. The van der Waals surface area contributed by atoms with Gasteiger partial charge in [-0.1, -0.05) is 30.3 Å². The average molecular weight is 570 g/mol. The van der Waals surface area contributed by atoms with E-state index in [1.807, 2.05) is 35.3 Å². The largest absolute Gasteiger partial charge is 0.482 e. The van der Waals surface area contributed by atoms with Gasteiger partial charge in [0.05, 0.1) is 30.5 Å². The molecular weight excluding hydrogens is 541 g/mol. The van der Waals surface area contributed by atoms with Crippen LogP contribution in [0.5, 0.6) is 5.75 Å². The summed E-state index contributed by atoms with van der Waals surface area (Å²) < 4.78 is 30.8. The van der Waals surface area contributed by atoms with E-state index in [0.717, 1.165) is 5.56 Å². The summed E-state index contributed by atoms with van der Waals surface area (Å²) in [6, 6.07) is 9.37. The minimum atomic E-state index is -3.72. The molecule has 10 nitrogen and oxygen atoms in total. The topological polar surface area (TPSA) is 111 Å². The number of likely N-dealkylation sites (N-methyl/N-ethyl adjacent to an activating group) is 1. The fourth-order valence-electron chi connectivity index (χ4n) is 4.54. The van der Waals surface area contributed by atoms with Gasteiger partial charge in [0, 0.05) is 26.2 Å². The van der Waals surface area contributed by atoms with E-state index in [0.29, 0.717) is 26.0 Å². The van der Waals surface area contributed by atoms with Gasteiger partial charge in [-0.25, -0.2) is 0 Å². The molecule has 2 aliphatic rings. The molecule has 1 N–H and O–H groups in total. The second kappa shape index (κ2) is 10.4. The van der Waals surface area contributed by atoms with Crippen LogP contribution in [0.3, 0.4) is 0 Å². The van der Waals surface area contributed by atoms with Gasteiger partial charge in [-0.05, 0) is 34.8 Å². The predicted molar refractivity (Wildman–Crippen MR) is 133 cm³/mol. The first-order valence-corrected chi connectivity index (χ1v) is 14.0. The van der Waals surface area contributed by atoms with E-state index >= 15 is 0 Å². The van der Waals surface area contributed by atoms with Crippen molar-refractivity contribution >= 4 is 29.4 Å². The van der Waals surface area contributed by atoms with Gasteiger partial charge in [-0.3, -0.25) is 23.8 Å². The van der Waals surface area contributed by atoms with Crippen molar-refractivity contribution in [2.75, 3.05) is 44.6 Å². The van der Waals surface area contributed by atoms with Crippen LogP contribution in [0, 0.1) is 0 Å². The van der Waals surface area contributed by atoms with E-state index in [4.69, 9.17) is 14.0 Å². The standard InChI is InChI=1S/C23H29BrN3O7P/c1-3-34-35(30,31)13-7-11-27-23(10-12-32-16-23)25(2)22(29)19-21(20(28)18(24)14-26(19)27)33-15-17-8-5-4-6-9-17/h4-6,8-9,14H,3,7,10-13,15-16H2,1-2H3,(H,30,31). The molecule has 1 aromatic heterocycles. The molecule has 1 fully saturated rings. The average Bonchev–Trinajstić information content (AvgIpc) is 3.32. The van der Waals surface area contributed by atoms with Gasteiger partial charge < -0.3 is 23.8 Å². The smallest absolute Gasteiger partial charge is 0.328 e. The van der Waals surface area contributed by atoms with E-state index in [2.05, 4.69) is 15.9 Å². The number of rotatable bonds is 9. The van der Waals surface area contributed by atoms with Gasteiger partial charge in [0.2, 0.25) is 5.43 Å².